The van der Waals surface area contributed by atoms with Crippen LogP contribution in [0, 0.1) is 3.57 Å². The summed E-state index contributed by atoms with van der Waals surface area (Å²) in [4.78, 5) is 16.3. The third-order valence-electron chi connectivity index (χ3n) is 2.70. The van der Waals surface area contributed by atoms with E-state index in [0.29, 0.717) is 17.0 Å². The van der Waals surface area contributed by atoms with Crippen LogP contribution in [0.3, 0.4) is 0 Å². The molecule has 3 nitrogen and oxygen atoms in total. The first-order valence-electron chi connectivity index (χ1n) is 5.60. The molecule has 0 N–H and O–H groups in total. The second-order valence-electron chi connectivity index (χ2n) is 3.86. The van der Waals surface area contributed by atoms with Crippen LogP contribution in [0.4, 0.5) is 0 Å². The summed E-state index contributed by atoms with van der Waals surface area (Å²) in [6.45, 7) is 2.84. The number of rotatable bonds is 4. The molecule has 1 aromatic heterocycles. The van der Waals surface area contributed by atoms with Crippen LogP contribution in [-0.4, -0.2) is 15.3 Å². The van der Waals surface area contributed by atoms with Crippen LogP contribution in [0.5, 0.6) is 0 Å². The Kier molecular flexibility index (Phi) is 4.40. The molecule has 18 heavy (non-hydrogen) atoms. The van der Waals surface area contributed by atoms with E-state index in [0.717, 1.165) is 15.9 Å². The van der Waals surface area contributed by atoms with E-state index in [2.05, 4.69) is 27.6 Å². The normalized spacial score (nSPS) is 10.6. The first-order chi connectivity index (χ1) is 8.61. The van der Waals surface area contributed by atoms with Gasteiger partial charge >= 0.3 is 0 Å². The quantitative estimate of drug-likeness (QED) is 0.605. The smallest absolute Gasteiger partial charge is 0.170 e. The number of Topliss-reactive ketones (excluding diaryl/α,β-unsaturated/α-hetero) is 1. The van der Waals surface area contributed by atoms with Gasteiger partial charge in [0.2, 0.25) is 0 Å². The lowest BCUT2D eigenvalue weighted by Gasteiger charge is -2.05. The number of nitrogens with zero attached hydrogens (tertiary/aromatic N) is 2. The van der Waals surface area contributed by atoms with Crippen LogP contribution >= 0.6 is 34.2 Å². The molecule has 1 aromatic carbocycles. The second-order valence-corrected chi connectivity index (χ2v) is 5.43. The molecule has 0 amide bonds. The van der Waals surface area contributed by atoms with Crippen LogP contribution in [0.1, 0.15) is 23.1 Å². The lowest BCUT2D eigenvalue weighted by atomic mass is 10.1. The van der Waals surface area contributed by atoms with E-state index in [1.807, 2.05) is 23.8 Å². The fourth-order valence-corrected chi connectivity index (χ4v) is 2.23. The topological polar surface area (TPSA) is 34.9 Å². The molecule has 0 spiro atoms. The van der Waals surface area contributed by atoms with Crippen molar-refractivity contribution in [1.29, 1.82) is 0 Å². The molecule has 94 valence electrons. The van der Waals surface area contributed by atoms with E-state index < -0.39 is 0 Å². The predicted octanol–water partition coefficient (Wildman–Crippen LogP) is 3.59. The Morgan fingerprint density at radius 1 is 1.50 bits per heavy atom. The van der Waals surface area contributed by atoms with Gasteiger partial charge in [0, 0.05) is 28.1 Å². The SMILES string of the molecule is CCn1ccnc1CC(=O)c1ccc(I)c(Cl)c1. The Morgan fingerprint density at radius 3 is 2.94 bits per heavy atom. The number of imidazole rings is 1. The van der Waals surface area contributed by atoms with Gasteiger partial charge in [-0.15, -0.1) is 0 Å². The van der Waals surface area contributed by atoms with E-state index in [1.165, 1.54) is 0 Å². The minimum absolute atomic E-state index is 0.0363. The van der Waals surface area contributed by atoms with E-state index in [4.69, 9.17) is 11.6 Å². The zero-order valence-corrected chi connectivity index (χ0v) is 12.8. The third-order valence-corrected chi connectivity index (χ3v) is 4.27. The van der Waals surface area contributed by atoms with Gasteiger partial charge in [-0.25, -0.2) is 4.98 Å². The van der Waals surface area contributed by atoms with Crippen molar-refractivity contribution in [1.82, 2.24) is 9.55 Å². The predicted molar refractivity (Wildman–Crippen MR) is 80.1 cm³/mol. The van der Waals surface area contributed by atoms with Gasteiger partial charge in [0.25, 0.3) is 0 Å². The lowest BCUT2D eigenvalue weighted by Crippen LogP contribution is -2.09. The van der Waals surface area contributed by atoms with E-state index in [1.54, 1.807) is 18.3 Å². The first kappa shape index (κ1) is 13.5. The molecule has 0 aliphatic heterocycles. The Labute approximate surface area is 124 Å². The maximum atomic E-state index is 12.1. The number of carbonyl (C=O) groups excluding carboxylic acids is 1. The van der Waals surface area contributed by atoms with E-state index in [-0.39, 0.29) is 5.78 Å². The summed E-state index contributed by atoms with van der Waals surface area (Å²) in [5, 5.41) is 0.611. The van der Waals surface area contributed by atoms with Crippen molar-refractivity contribution in [2.75, 3.05) is 0 Å². The molecule has 1 heterocycles. The molecule has 2 aromatic rings. The van der Waals surface area contributed by atoms with Crippen molar-refractivity contribution in [2.24, 2.45) is 0 Å². The molecular formula is C13H12ClIN2O. The number of aromatic nitrogens is 2. The Bertz CT molecular complexity index is 580. The summed E-state index contributed by atoms with van der Waals surface area (Å²) in [6.07, 6.45) is 3.90. The van der Waals surface area contributed by atoms with Gasteiger partial charge in [-0.3, -0.25) is 4.79 Å². The van der Waals surface area contributed by atoms with Crippen molar-refractivity contribution in [3.63, 3.8) is 0 Å². The van der Waals surface area contributed by atoms with E-state index in [9.17, 15) is 4.79 Å². The van der Waals surface area contributed by atoms with Crippen molar-refractivity contribution in [3.05, 3.63) is 50.6 Å². The largest absolute Gasteiger partial charge is 0.335 e. The van der Waals surface area contributed by atoms with Crippen LogP contribution in [0.2, 0.25) is 5.02 Å². The molecule has 0 atom stereocenters. The van der Waals surface area contributed by atoms with Crippen molar-refractivity contribution in [2.45, 2.75) is 19.9 Å². The summed E-state index contributed by atoms with van der Waals surface area (Å²) >= 11 is 8.16. The first-order valence-corrected chi connectivity index (χ1v) is 7.05. The van der Waals surface area contributed by atoms with Crippen molar-refractivity contribution in [3.8, 4) is 0 Å². The average Bonchev–Trinajstić information content (AvgIpc) is 2.79. The van der Waals surface area contributed by atoms with Crippen LogP contribution in [0.25, 0.3) is 0 Å². The average molecular weight is 375 g/mol. The number of aryl methyl sites for hydroxylation is 1. The minimum Gasteiger partial charge on any atom is -0.335 e. The number of carbonyl (C=O) groups is 1. The second kappa shape index (κ2) is 5.84. The summed E-state index contributed by atoms with van der Waals surface area (Å²) in [5.41, 5.74) is 0.631. The Morgan fingerprint density at radius 2 is 2.28 bits per heavy atom. The summed E-state index contributed by atoms with van der Waals surface area (Å²) in [7, 11) is 0. The van der Waals surface area contributed by atoms with Crippen molar-refractivity contribution >= 4 is 40.0 Å². The van der Waals surface area contributed by atoms with Gasteiger partial charge in [0.1, 0.15) is 5.82 Å². The zero-order chi connectivity index (χ0) is 13.1. The monoisotopic (exact) mass is 374 g/mol. The molecule has 0 aliphatic carbocycles. The molecule has 0 saturated heterocycles. The highest BCUT2D eigenvalue weighted by molar-refractivity contribution is 14.1. The minimum atomic E-state index is 0.0363. The highest BCUT2D eigenvalue weighted by atomic mass is 127. The fourth-order valence-electron chi connectivity index (χ4n) is 1.71. The summed E-state index contributed by atoms with van der Waals surface area (Å²) in [5.74, 6) is 0.825. The summed E-state index contributed by atoms with van der Waals surface area (Å²) < 4.78 is 2.91. The number of benzene rings is 1. The number of halogens is 2. The number of hydrogen-bond acceptors (Lipinski definition) is 2. The molecular weight excluding hydrogens is 363 g/mol. The van der Waals surface area contributed by atoms with Crippen LogP contribution in [-0.2, 0) is 13.0 Å². The van der Waals surface area contributed by atoms with Crippen molar-refractivity contribution < 1.29 is 4.79 Å². The molecule has 5 heteroatoms. The molecule has 0 bridgehead atoms. The maximum Gasteiger partial charge on any atom is 0.170 e. The molecule has 0 saturated carbocycles. The molecule has 2 rings (SSSR count). The van der Waals surface area contributed by atoms with Gasteiger partial charge in [-0.1, -0.05) is 17.7 Å². The van der Waals surface area contributed by atoms with Gasteiger partial charge in [0.15, 0.2) is 5.78 Å². The van der Waals surface area contributed by atoms with Crippen LogP contribution < -0.4 is 0 Å². The van der Waals surface area contributed by atoms with Gasteiger partial charge < -0.3 is 4.57 Å². The van der Waals surface area contributed by atoms with Crippen LogP contribution in [0.15, 0.2) is 30.6 Å². The Balaban J connectivity index is 2.19. The van der Waals surface area contributed by atoms with Gasteiger partial charge in [0.05, 0.1) is 11.4 Å². The number of hydrogen-bond donors (Lipinski definition) is 0. The molecule has 0 radical (unpaired) electrons. The van der Waals surface area contributed by atoms with Gasteiger partial charge in [-0.2, -0.15) is 0 Å². The molecule has 0 unspecified atom stereocenters. The molecule has 0 aliphatic rings. The third kappa shape index (κ3) is 2.92. The molecule has 0 fully saturated rings. The number of ketones is 1. The van der Waals surface area contributed by atoms with E-state index >= 15 is 0 Å². The summed E-state index contributed by atoms with van der Waals surface area (Å²) in [6, 6.07) is 5.36. The Hall–Kier alpha value is -0.880. The fraction of sp³-hybridized carbons (Fsp3) is 0.231. The van der Waals surface area contributed by atoms with Gasteiger partial charge in [-0.05, 0) is 41.6 Å². The lowest BCUT2D eigenvalue weighted by molar-refractivity contribution is 0.0990. The zero-order valence-electron chi connectivity index (χ0n) is 9.86. The standard InChI is InChI=1S/C13H12ClIN2O/c1-2-17-6-5-16-13(17)8-12(18)9-3-4-11(15)10(14)7-9/h3-7H,2,8H2,1H3. The highest BCUT2D eigenvalue weighted by Gasteiger charge is 2.12. The highest BCUT2D eigenvalue weighted by Crippen LogP contribution is 2.20. The maximum absolute atomic E-state index is 12.1.